The Morgan fingerprint density at radius 1 is 1.29 bits per heavy atom. The molecule has 1 aliphatic rings. The molecule has 1 N–H and O–H groups in total. The van der Waals surface area contributed by atoms with Crippen LogP contribution in [0.3, 0.4) is 0 Å². The van der Waals surface area contributed by atoms with E-state index >= 15 is 0 Å². The van der Waals surface area contributed by atoms with Crippen LogP contribution in [-0.2, 0) is 6.54 Å². The first-order valence-corrected chi connectivity index (χ1v) is 8.46. The van der Waals surface area contributed by atoms with Crippen LogP contribution < -0.4 is 10.2 Å². The molecule has 0 radical (unpaired) electrons. The van der Waals surface area contributed by atoms with Gasteiger partial charge in [0.15, 0.2) is 0 Å². The zero-order valence-corrected chi connectivity index (χ0v) is 14.8. The van der Waals surface area contributed by atoms with Crippen molar-refractivity contribution in [2.24, 2.45) is 5.92 Å². The van der Waals surface area contributed by atoms with Gasteiger partial charge in [-0.25, -0.2) is 0 Å². The van der Waals surface area contributed by atoms with E-state index in [0.29, 0.717) is 6.04 Å². The maximum atomic E-state index is 6.56. The molecule has 0 spiro atoms. The minimum absolute atomic E-state index is 0.112. The summed E-state index contributed by atoms with van der Waals surface area (Å²) >= 11 is 6.56. The van der Waals surface area contributed by atoms with Gasteiger partial charge in [-0.05, 0) is 58.1 Å². The highest BCUT2D eigenvalue weighted by Gasteiger charge is 2.27. The number of piperidine rings is 1. The van der Waals surface area contributed by atoms with Crippen LogP contribution in [0.5, 0.6) is 0 Å². The molecule has 3 heteroatoms. The lowest BCUT2D eigenvalue weighted by Gasteiger charge is -2.41. The van der Waals surface area contributed by atoms with E-state index in [2.05, 4.69) is 57.0 Å². The number of rotatable bonds is 3. The van der Waals surface area contributed by atoms with Gasteiger partial charge in [0.05, 0.1) is 10.7 Å². The van der Waals surface area contributed by atoms with Crippen LogP contribution in [0.1, 0.15) is 53.0 Å². The average molecular weight is 309 g/mol. The first-order valence-electron chi connectivity index (χ1n) is 8.08. The number of hydrogen-bond donors (Lipinski definition) is 1. The predicted octanol–water partition coefficient (Wildman–Crippen LogP) is 4.85. The molecule has 21 heavy (non-hydrogen) atoms. The molecule has 0 saturated carbocycles. The number of nitrogens with zero attached hydrogens (tertiary/aromatic N) is 1. The van der Waals surface area contributed by atoms with Gasteiger partial charge in [-0.15, -0.1) is 0 Å². The predicted molar refractivity (Wildman–Crippen MR) is 93.3 cm³/mol. The lowest BCUT2D eigenvalue weighted by molar-refractivity contribution is 0.362. The fourth-order valence-corrected chi connectivity index (χ4v) is 3.34. The Morgan fingerprint density at radius 2 is 2.00 bits per heavy atom. The third kappa shape index (κ3) is 4.14. The number of halogens is 1. The van der Waals surface area contributed by atoms with Crippen molar-refractivity contribution in [3.05, 3.63) is 28.8 Å². The third-order valence-corrected chi connectivity index (χ3v) is 4.85. The molecule has 1 heterocycles. The van der Waals surface area contributed by atoms with Crippen molar-refractivity contribution in [2.75, 3.05) is 11.4 Å². The van der Waals surface area contributed by atoms with Crippen LogP contribution >= 0.6 is 11.6 Å². The van der Waals surface area contributed by atoms with E-state index in [1.165, 1.54) is 24.1 Å². The summed E-state index contributed by atoms with van der Waals surface area (Å²) in [5.74, 6) is 0.721. The van der Waals surface area contributed by atoms with Gasteiger partial charge in [-0.2, -0.15) is 0 Å². The molecule has 0 bridgehead atoms. The van der Waals surface area contributed by atoms with Gasteiger partial charge in [0.2, 0.25) is 0 Å². The summed E-state index contributed by atoms with van der Waals surface area (Å²) in [5.41, 5.74) is 2.65. The van der Waals surface area contributed by atoms with E-state index in [9.17, 15) is 0 Å². The molecular weight excluding hydrogens is 280 g/mol. The fourth-order valence-electron chi connectivity index (χ4n) is 3.04. The Bertz CT molecular complexity index is 479. The second-order valence-electron chi connectivity index (χ2n) is 7.40. The van der Waals surface area contributed by atoms with Crippen LogP contribution in [0.2, 0.25) is 5.02 Å². The van der Waals surface area contributed by atoms with Crippen molar-refractivity contribution in [1.82, 2.24) is 5.32 Å². The molecule has 0 amide bonds. The molecular formula is C18H29ClN2. The van der Waals surface area contributed by atoms with E-state index in [4.69, 9.17) is 11.6 Å². The monoisotopic (exact) mass is 308 g/mol. The lowest BCUT2D eigenvalue weighted by Crippen LogP contribution is -2.43. The molecule has 1 saturated heterocycles. The van der Waals surface area contributed by atoms with E-state index in [-0.39, 0.29) is 5.54 Å². The minimum atomic E-state index is 0.112. The number of para-hydroxylation sites is 1. The quantitative estimate of drug-likeness (QED) is 0.858. The Balaban J connectivity index is 2.29. The molecule has 1 fully saturated rings. The van der Waals surface area contributed by atoms with Crippen molar-refractivity contribution >= 4 is 17.3 Å². The fraction of sp³-hybridized carbons (Fsp3) is 0.667. The summed E-state index contributed by atoms with van der Waals surface area (Å²) in [7, 11) is 0. The maximum Gasteiger partial charge on any atom is 0.0643 e. The third-order valence-electron chi connectivity index (χ3n) is 4.54. The molecule has 2 atom stereocenters. The highest BCUT2D eigenvalue weighted by atomic mass is 35.5. The van der Waals surface area contributed by atoms with Crippen molar-refractivity contribution in [1.29, 1.82) is 0 Å². The lowest BCUT2D eigenvalue weighted by atomic mass is 9.91. The summed E-state index contributed by atoms with van der Waals surface area (Å²) in [6, 6.07) is 6.82. The first kappa shape index (κ1) is 16.6. The number of anilines is 1. The van der Waals surface area contributed by atoms with E-state index in [1.54, 1.807) is 0 Å². The van der Waals surface area contributed by atoms with E-state index in [1.807, 2.05) is 6.07 Å². The normalized spacial score (nSPS) is 23.4. The molecule has 0 aliphatic carbocycles. The zero-order valence-electron chi connectivity index (χ0n) is 14.0. The summed E-state index contributed by atoms with van der Waals surface area (Å²) in [5, 5.41) is 4.46. The van der Waals surface area contributed by atoms with Gasteiger partial charge in [0, 0.05) is 24.7 Å². The van der Waals surface area contributed by atoms with Crippen molar-refractivity contribution < 1.29 is 0 Å². The summed E-state index contributed by atoms with van der Waals surface area (Å²) in [6.07, 6.45) is 2.57. The second-order valence-corrected chi connectivity index (χ2v) is 7.81. The van der Waals surface area contributed by atoms with Crippen molar-refractivity contribution in [2.45, 2.75) is 65.6 Å². The maximum absolute atomic E-state index is 6.56. The van der Waals surface area contributed by atoms with Gasteiger partial charge in [-0.1, -0.05) is 30.7 Å². The van der Waals surface area contributed by atoms with Gasteiger partial charge >= 0.3 is 0 Å². The van der Waals surface area contributed by atoms with E-state index in [0.717, 1.165) is 24.0 Å². The second kappa shape index (κ2) is 6.58. The standard InChI is InChI=1S/C18H29ClN2/c1-13-8-7-11-21(14(13)2)17-15(9-6-10-16(17)19)12-20-18(3,4)5/h6,9-10,13-14,20H,7-8,11-12H2,1-5H3. The Morgan fingerprint density at radius 3 is 2.67 bits per heavy atom. The summed E-state index contributed by atoms with van der Waals surface area (Å²) in [4.78, 5) is 2.51. The van der Waals surface area contributed by atoms with Crippen molar-refractivity contribution in [3.8, 4) is 0 Å². The summed E-state index contributed by atoms with van der Waals surface area (Å²) < 4.78 is 0. The highest BCUT2D eigenvalue weighted by molar-refractivity contribution is 6.33. The van der Waals surface area contributed by atoms with Crippen LogP contribution in [-0.4, -0.2) is 18.1 Å². The number of nitrogens with one attached hydrogen (secondary N) is 1. The van der Waals surface area contributed by atoms with Crippen LogP contribution in [0.15, 0.2) is 18.2 Å². The van der Waals surface area contributed by atoms with E-state index < -0.39 is 0 Å². The minimum Gasteiger partial charge on any atom is -0.367 e. The topological polar surface area (TPSA) is 15.3 Å². The molecule has 2 nitrogen and oxygen atoms in total. The van der Waals surface area contributed by atoms with Crippen LogP contribution in [0, 0.1) is 5.92 Å². The van der Waals surface area contributed by atoms with Crippen LogP contribution in [0.4, 0.5) is 5.69 Å². The molecule has 2 rings (SSSR count). The summed E-state index contributed by atoms with van der Waals surface area (Å²) in [6.45, 7) is 13.2. The van der Waals surface area contributed by atoms with Gasteiger partial charge < -0.3 is 10.2 Å². The number of benzene rings is 1. The Labute approximate surface area is 134 Å². The van der Waals surface area contributed by atoms with Crippen LogP contribution in [0.25, 0.3) is 0 Å². The van der Waals surface area contributed by atoms with Gasteiger partial charge in [0.25, 0.3) is 0 Å². The first-order chi connectivity index (χ1) is 9.79. The average Bonchev–Trinajstić information content (AvgIpc) is 2.39. The Kier molecular flexibility index (Phi) is 5.21. The largest absolute Gasteiger partial charge is 0.367 e. The number of hydrogen-bond acceptors (Lipinski definition) is 2. The van der Waals surface area contributed by atoms with Gasteiger partial charge in [-0.3, -0.25) is 0 Å². The van der Waals surface area contributed by atoms with Gasteiger partial charge in [0.1, 0.15) is 0 Å². The smallest absolute Gasteiger partial charge is 0.0643 e. The molecule has 118 valence electrons. The Hall–Kier alpha value is -0.730. The molecule has 1 aliphatic heterocycles. The molecule has 0 aromatic heterocycles. The molecule has 2 unspecified atom stereocenters. The SMILES string of the molecule is CC1CCCN(c2c(Cl)cccc2CNC(C)(C)C)C1C. The molecule has 1 aromatic carbocycles. The van der Waals surface area contributed by atoms with Crippen molar-refractivity contribution in [3.63, 3.8) is 0 Å². The molecule has 1 aromatic rings. The zero-order chi connectivity index (χ0) is 15.6. The highest BCUT2D eigenvalue weighted by Crippen LogP contribution is 2.36.